The first-order valence-corrected chi connectivity index (χ1v) is 10.8. The number of hydrogen-bond donors (Lipinski definition) is 0. The molecule has 172 valence electrons. The second-order valence-electron chi connectivity index (χ2n) is 7.89. The molecule has 2 heterocycles. The van der Waals surface area contributed by atoms with Crippen LogP contribution >= 0.6 is 0 Å². The van der Waals surface area contributed by atoms with Crippen molar-refractivity contribution in [3.05, 3.63) is 88.2 Å². The second kappa shape index (κ2) is 8.59. The zero-order valence-corrected chi connectivity index (χ0v) is 19.0. The molecular weight excluding hydrogens is 434 g/mol. The Hall–Kier alpha value is -4.26. The summed E-state index contributed by atoms with van der Waals surface area (Å²) in [5.41, 5.74) is 2.17. The minimum Gasteiger partial charge on any atom is -0.493 e. The zero-order valence-electron chi connectivity index (χ0n) is 19.0. The number of aromatic nitrogens is 1. The van der Waals surface area contributed by atoms with Crippen molar-refractivity contribution in [3.63, 3.8) is 0 Å². The Kier molecular flexibility index (Phi) is 5.45. The van der Waals surface area contributed by atoms with Gasteiger partial charge in [-0.3, -0.25) is 14.2 Å². The van der Waals surface area contributed by atoms with Crippen LogP contribution in [-0.2, 0) is 4.79 Å². The number of para-hydroxylation sites is 2. The SMILES string of the molecule is COc1ccc([C@H]2CC(=O)Oc3c2c(=O)n(-c2ccccc2)c2ccccc32)c(OC)c1OC. The summed E-state index contributed by atoms with van der Waals surface area (Å²) in [6, 6.07) is 20.4. The number of rotatable bonds is 5. The minimum atomic E-state index is -0.599. The maximum atomic E-state index is 14.1. The Bertz CT molecular complexity index is 1460. The molecule has 4 aromatic rings. The molecule has 1 aliphatic rings. The lowest BCUT2D eigenvalue weighted by molar-refractivity contribution is -0.135. The Morgan fingerprint density at radius 1 is 0.824 bits per heavy atom. The van der Waals surface area contributed by atoms with Crippen molar-refractivity contribution in [2.75, 3.05) is 21.3 Å². The van der Waals surface area contributed by atoms with Gasteiger partial charge in [0, 0.05) is 22.6 Å². The first kappa shape index (κ1) is 21.6. The van der Waals surface area contributed by atoms with Gasteiger partial charge in [-0.1, -0.05) is 36.4 Å². The predicted octanol–water partition coefficient (Wildman–Crippen LogP) is 4.46. The monoisotopic (exact) mass is 457 g/mol. The molecule has 0 N–H and O–H groups in total. The number of pyridine rings is 1. The summed E-state index contributed by atoms with van der Waals surface area (Å²) in [4.78, 5) is 26.8. The average Bonchev–Trinajstić information content (AvgIpc) is 2.87. The quantitative estimate of drug-likeness (QED) is 0.412. The molecule has 0 saturated heterocycles. The summed E-state index contributed by atoms with van der Waals surface area (Å²) in [5, 5.41) is 0.679. The van der Waals surface area contributed by atoms with E-state index < -0.39 is 11.9 Å². The number of fused-ring (bicyclic) bond motifs is 3. The first-order chi connectivity index (χ1) is 16.6. The summed E-state index contributed by atoms with van der Waals surface area (Å²) in [7, 11) is 4.57. The molecule has 5 rings (SSSR count). The minimum absolute atomic E-state index is 0.0127. The van der Waals surface area contributed by atoms with Crippen LogP contribution in [0.4, 0.5) is 0 Å². The standard InChI is InChI=1S/C27H23NO6/c1-31-21-14-13-17(25(32-2)26(21)33-3)19-15-22(29)34-24-18-11-7-8-12-20(18)28(27(30)23(19)24)16-9-5-4-6-10-16/h4-14,19H,15H2,1-3H3/t19-/m1/s1. The van der Waals surface area contributed by atoms with Crippen molar-refractivity contribution in [2.45, 2.75) is 12.3 Å². The van der Waals surface area contributed by atoms with Crippen molar-refractivity contribution in [1.29, 1.82) is 0 Å². The molecule has 0 aliphatic carbocycles. The van der Waals surface area contributed by atoms with Crippen molar-refractivity contribution in [3.8, 4) is 28.7 Å². The van der Waals surface area contributed by atoms with E-state index in [1.54, 1.807) is 16.7 Å². The molecule has 34 heavy (non-hydrogen) atoms. The lowest BCUT2D eigenvalue weighted by Crippen LogP contribution is -2.32. The number of methoxy groups -OCH3 is 3. The highest BCUT2D eigenvalue weighted by atomic mass is 16.5. The Morgan fingerprint density at radius 2 is 1.53 bits per heavy atom. The zero-order chi connectivity index (χ0) is 23.8. The van der Waals surface area contributed by atoms with Crippen LogP contribution in [0.1, 0.15) is 23.5 Å². The first-order valence-electron chi connectivity index (χ1n) is 10.8. The topological polar surface area (TPSA) is 76.0 Å². The number of carbonyl (C=O) groups is 1. The fraction of sp³-hybridized carbons (Fsp3) is 0.185. The maximum absolute atomic E-state index is 14.1. The number of carbonyl (C=O) groups excluding carboxylic acids is 1. The van der Waals surface area contributed by atoms with Gasteiger partial charge in [0.2, 0.25) is 5.75 Å². The van der Waals surface area contributed by atoms with Crippen LogP contribution in [0.2, 0.25) is 0 Å². The van der Waals surface area contributed by atoms with Gasteiger partial charge in [-0.05, 0) is 30.3 Å². The summed E-state index contributed by atoms with van der Waals surface area (Å²) in [5.74, 6) is 0.556. The summed E-state index contributed by atoms with van der Waals surface area (Å²) in [6.45, 7) is 0. The van der Waals surface area contributed by atoms with Gasteiger partial charge in [-0.25, -0.2) is 0 Å². The van der Waals surface area contributed by atoms with Crippen molar-refractivity contribution in [1.82, 2.24) is 4.57 Å². The molecule has 0 saturated carbocycles. The molecule has 1 aromatic heterocycles. The molecule has 0 amide bonds. The van der Waals surface area contributed by atoms with E-state index >= 15 is 0 Å². The molecule has 1 aliphatic heterocycles. The number of benzene rings is 3. The van der Waals surface area contributed by atoms with E-state index in [4.69, 9.17) is 18.9 Å². The molecular formula is C27H23NO6. The van der Waals surface area contributed by atoms with Gasteiger partial charge < -0.3 is 18.9 Å². The molecule has 0 unspecified atom stereocenters. The van der Waals surface area contributed by atoms with Crippen LogP contribution in [0.5, 0.6) is 23.0 Å². The van der Waals surface area contributed by atoms with E-state index in [-0.39, 0.29) is 17.7 Å². The summed E-state index contributed by atoms with van der Waals surface area (Å²) < 4.78 is 24.0. The largest absolute Gasteiger partial charge is 0.493 e. The van der Waals surface area contributed by atoms with Gasteiger partial charge in [-0.15, -0.1) is 0 Å². The fourth-order valence-corrected chi connectivity index (χ4v) is 4.67. The van der Waals surface area contributed by atoms with Crippen LogP contribution in [-0.4, -0.2) is 31.9 Å². The summed E-state index contributed by atoms with van der Waals surface area (Å²) >= 11 is 0. The number of hydrogen-bond acceptors (Lipinski definition) is 6. The van der Waals surface area contributed by atoms with Gasteiger partial charge in [-0.2, -0.15) is 0 Å². The van der Waals surface area contributed by atoms with Crippen LogP contribution in [0.15, 0.2) is 71.5 Å². The third-order valence-corrected chi connectivity index (χ3v) is 6.13. The van der Waals surface area contributed by atoms with Crippen LogP contribution < -0.4 is 24.5 Å². The van der Waals surface area contributed by atoms with E-state index in [0.717, 1.165) is 5.69 Å². The van der Waals surface area contributed by atoms with Gasteiger partial charge in [0.15, 0.2) is 11.5 Å². The van der Waals surface area contributed by atoms with Gasteiger partial charge in [0.05, 0.1) is 38.8 Å². The van der Waals surface area contributed by atoms with Gasteiger partial charge in [0.1, 0.15) is 5.75 Å². The van der Waals surface area contributed by atoms with Crippen LogP contribution in [0.3, 0.4) is 0 Å². The molecule has 1 atom stereocenters. The van der Waals surface area contributed by atoms with Crippen LogP contribution in [0.25, 0.3) is 16.6 Å². The normalized spacial score (nSPS) is 14.9. The van der Waals surface area contributed by atoms with E-state index in [0.29, 0.717) is 39.3 Å². The molecule has 0 bridgehead atoms. The summed E-state index contributed by atoms with van der Waals surface area (Å²) in [6.07, 6.45) is -0.0127. The molecule has 0 radical (unpaired) electrons. The van der Waals surface area contributed by atoms with Crippen molar-refractivity contribution < 1.29 is 23.7 Å². The highest BCUT2D eigenvalue weighted by molar-refractivity contribution is 5.92. The molecule has 7 heteroatoms. The van der Waals surface area contributed by atoms with E-state index in [1.807, 2.05) is 54.6 Å². The van der Waals surface area contributed by atoms with Crippen molar-refractivity contribution >= 4 is 16.9 Å². The maximum Gasteiger partial charge on any atom is 0.312 e. The lowest BCUT2D eigenvalue weighted by atomic mass is 9.85. The number of esters is 1. The van der Waals surface area contributed by atoms with Gasteiger partial charge >= 0.3 is 5.97 Å². The van der Waals surface area contributed by atoms with E-state index in [2.05, 4.69) is 0 Å². The number of ether oxygens (including phenoxy) is 4. The fourth-order valence-electron chi connectivity index (χ4n) is 4.67. The Balaban J connectivity index is 1.87. The Labute approximate surface area is 196 Å². The number of nitrogens with zero attached hydrogens (tertiary/aromatic N) is 1. The molecule has 7 nitrogen and oxygen atoms in total. The van der Waals surface area contributed by atoms with E-state index in [1.165, 1.54) is 21.3 Å². The highest BCUT2D eigenvalue weighted by Crippen LogP contribution is 2.48. The highest BCUT2D eigenvalue weighted by Gasteiger charge is 2.36. The van der Waals surface area contributed by atoms with Gasteiger partial charge in [0.25, 0.3) is 5.56 Å². The second-order valence-corrected chi connectivity index (χ2v) is 7.89. The Morgan fingerprint density at radius 3 is 2.24 bits per heavy atom. The van der Waals surface area contributed by atoms with E-state index in [9.17, 15) is 9.59 Å². The predicted molar refractivity (Wildman–Crippen MR) is 128 cm³/mol. The molecule has 0 spiro atoms. The lowest BCUT2D eigenvalue weighted by Gasteiger charge is -2.28. The van der Waals surface area contributed by atoms with Crippen molar-refractivity contribution in [2.24, 2.45) is 0 Å². The third-order valence-electron chi connectivity index (χ3n) is 6.13. The third kappa shape index (κ3) is 3.28. The molecule has 3 aromatic carbocycles. The average molecular weight is 457 g/mol. The smallest absolute Gasteiger partial charge is 0.312 e. The molecule has 0 fully saturated rings. The van der Waals surface area contributed by atoms with Crippen LogP contribution in [0, 0.1) is 0 Å².